The molecule has 0 saturated carbocycles. The highest BCUT2D eigenvalue weighted by atomic mass is 16.2. The third kappa shape index (κ3) is 3.98. The van der Waals surface area contributed by atoms with Crippen LogP contribution in [0.1, 0.15) is 44.5 Å². The van der Waals surface area contributed by atoms with E-state index in [1.54, 1.807) is 6.07 Å². The number of rotatable bonds is 7. The number of nitrogens with two attached hydrogens (primary N) is 1. The minimum Gasteiger partial charge on any atom is -0.368 e. The summed E-state index contributed by atoms with van der Waals surface area (Å²) in [5.74, 6) is -0.602. The zero-order chi connectivity index (χ0) is 22.2. The SMILES string of the molecule is CC(C)CCn1c(=O)c2ccc(C(=O)NC(C)C)cc2n2c(=O)n(CC(N)=O)nc12. The van der Waals surface area contributed by atoms with Crippen LogP contribution in [0.5, 0.6) is 0 Å². The lowest BCUT2D eigenvalue weighted by Gasteiger charge is -2.12. The van der Waals surface area contributed by atoms with Gasteiger partial charge in [0.05, 0.1) is 10.9 Å². The van der Waals surface area contributed by atoms with Crippen molar-refractivity contribution in [3.8, 4) is 0 Å². The molecular weight excluding hydrogens is 388 g/mol. The molecule has 2 amide bonds. The van der Waals surface area contributed by atoms with Gasteiger partial charge in [0.25, 0.3) is 11.5 Å². The Labute approximate surface area is 172 Å². The van der Waals surface area contributed by atoms with Gasteiger partial charge >= 0.3 is 5.69 Å². The highest BCUT2D eigenvalue weighted by Crippen LogP contribution is 2.15. The molecule has 0 saturated heterocycles. The van der Waals surface area contributed by atoms with E-state index < -0.39 is 18.1 Å². The Morgan fingerprint density at radius 1 is 1.17 bits per heavy atom. The highest BCUT2D eigenvalue weighted by molar-refractivity contribution is 5.98. The smallest absolute Gasteiger partial charge is 0.352 e. The van der Waals surface area contributed by atoms with Crippen LogP contribution in [0.25, 0.3) is 16.7 Å². The molecule has 0 radical (unpaired) electrons. The zero-order valence-corrected chi connectivity index (χ0v) is 17.5. The first kappa shape index (κ1) is 21.3. The molecule has 3 aromatic rings. The van der Waals surface area contributed by atoms with Gasteiger partial charge in [-0.15, -0.1) is 5.10 Å². The average Bonchev–Trinajstić information content (AvgIpc) is 2.96. The summed E-state index contributed by atoms with van der Waals surface area (Å²) in [6.45, 7) is 7.68. The third-order valence-electron chi connectivity index (χ3n) is 4.70. The molecule has 0 aliphatic carbocycles. The van der Waals surface area contributed by atoms with Crippen molar-refractivity contribution in [3.05, 3.63) is 44.6 Å². The van der Waals surface area contributed by atoms with E-state index in [4.69, 9.17) is 5.73 Å². The van der Waals surface area contributed by atoms with E-state index >= 15 is 0 Å². The minimum absolute atomic E-state index is 0.0710. The van der Waals surface area contributed by atoms with Gasteiger partial charge in [-0.25, -0.2) is 13.9 Å². The maximum absolute atomic E-state index is 13.2. The van der Waals surface area contributed by atoms with Crippen LogP contribution < -0.4 is 22.3 Å². The van der Waals surface area contributed by atoms with E-state index in [2.05, 4.69) is 10.4 Å². The van der Waals surface area contributed by atoms with Crippen molar-refractivity contribution >= 4 is 28.5 Å². The fourth-order valence-corrected chi connectivity index (χ4v) is 3.24. The molecule has 10 heteroatoms. The number of nitrogens with zero attached hydrogens (tertiary/aromatic N) is 4. The number of benzene rings is 1. The van der Waals surface area contributed by atoms with Crippen LogP contribution in [0, 0.1) is 5.92 Å². The quantitative estimate of drug-likeness (QED) is 0.580. The molecule has 1 aromatic carbocycles. The molecule has 0 unspecified atom stereocenters. The van der Waals surface area contributed by atoms with Gasteiger partial charge in [0.2, 0.25) is 11.7 Å². The standard InChI is InChI=1S/C20H26N6O4/c1-11(2)7-8-24-18(29)14-6-5-13(17(28)22-12(3)4)9-15(14)26-19(24)23-25(20(26)30)10-16(21)27/h5-6,9,11-12H,7-8,10H2,1-4H3,(H2,21,27)(H,22,28). The van der Waals surface area contributed by atoms with E-state index in [-0.39, 0.29) is 34.2 Å². The summed E-state index contributed by atoms with van der Waals surface area (Å²) in [5.41, 5.74) is 4.89. The van der Waals surface area contributed by atoms with Crippen LogP contribution in [0.15, 0.2) is 27.8 Å². The molecule has 0 aliphatic rings. The van der Waals surface area contributed by atoms with Crippen LogP contribution in [-0.2, 0) is 17.9 Å². The predicted octanol–water partition coefficient (Wildman–Crippen LogP) is 0.481. The molecule has 0 atom stereocenters. The third-order valence-corrected chi connectivity index (χ3v) is 4.70. The second-order valence-corrected chi connectivity index (χ2v) is 8.04. The molecule has 2 heterocycles. The summed E-state index contributed by atoms with van der Waals surface area (Å²) < 4.78 is 3.62. The van der Waals surface area contributed by atoms with Crippen molar-refractivity contribution in [2.75, 3.05) is 0 Å². The van der Waals surface area contributed by atoms with Gasteiger partial charge in [-0.3, -0.25) is 19.0 Å². The number of hydrogen-bond donors (Lipinski definition) is 2. The minimum atomic E-state index is -0.724. The van der Waals surface area contributed by atoms with Crippen LogP contribution in [0.3, 0.4) is 0 Å². The van der Waals surface area contributed by atoms with Gasteiger partial charge in [-0.1, -0.05) is 13.8 Å². The number of aromatic nitrogens is 4. The maximum Gasteiger partial charge on any atom is 0.352 e. The van der Waals surface area contributed by atoms with Gasteiger partial charge in [-0.05, 0) is 44.4 Å². The second-order valence-electron chi connectivity index (χ2n) is 8.04. The lowest BCUT2D eigenvalue weighted by molar-refractivity contribution is -0.118. The molecule has 30 heavy (non-hydrogen) atoms. The molecule has 2 aromatic heterocycles. The summed E-state index contributed by atoms with van der Waals surface area (Å²) >= 11 is 0. The molecule has 160 valence electrons. The molecule has 3 N–H and O–H groups in total. The predicted molar refractivity (Wildman–Crippen MR) is 112 cm³/mol. The molecule has 0 spiro atoms. The normalized spacial score (nSPS) is 11.7. The van der Waals surface area contributed by atoms with E-state index in [1.165, 1.54) is 21.1 Å². The average molecular weight is 414 g/mol. The Hall–Kier alpha value is -3.43. The van der Waals surface area contributed by atoms with Crippen molar-refractivity contribution in [1.29, 1.82) is 0 Å². The first-order chi connectivity index (χ1) is 14.1. The topological polar surface area (TPSA) is 133 Å². The van der Waals surface area contributed by atoms with E-state index in [1.807, 2.05) is 27.7 Å². The number of aryl methyl sites for hydroxylation is 1. The Kier molecular flexibility index (Phi) is 5.77. The van der Waals surface area contributed by atoms with Crippen LogP contribution in [0.4, 0.5) is 0 Å². The lowest BCUT2D eigenvalue weighted by Crippen LogP contribution is -2.31. The zero-order valence-electron chi connectivity index (χ0n) is 17.5. The van der Waals surface area contributed by atoms with Crippen molar-refractivity contribution in [2.45, 2.75) is 53.2 Å². The van der Waals surface area contributed by atoms with Gasteiger partial charge in [-0.2, -0.15) is 0 Å². The lowest BCUT2D eigenvalue weighted by atomic mass is 10.1. The number of hydrogen-bond acceptors (Lipinski definition) is 5. The molecule has 0 aliphatic heterocycles. The number of amides is 2. The summed E-state index contributed by atoms with van der Waals surface area (Å²) in [6, 6.07) is 4.51. The Bertz CT molecular complexity index is 1250. The number of fused-ring (bicyclic) bond motifs is 3. The molecule has 0 bridgehead atoms. The number of carbonyl (C=O) groups excluding carboxylic acids is 2. The fraction of sp³-hybridized carbons (Fsp3) is 0.450. The van der Waals surface area contributed by atoms with Crippen molar-refractivity contribution < 1.29 is 9.59 Å². The number of nitrogens with one attached hydrogen (secondary N) is 1. The van der Waals surface area contributed by atoms with E-state index in [9.17, 15) is 19.2 Å². The second kappa shape index (κ2) is 8.13. The summed E-state index contributed by atoms with van der Waals surface area (Å²) in [7, 11) is 0. The largest absolute Gasteiger partial charge is 0.368 e. The first-order valence-electron chi connectivity index (χ1n) is 9.85. The summed E-state index contributed by atoms with van der Waals surface area (Å²) in [4.78, 5) is 49.9. The van der Waals surface area contributed by atoms with Gasteiger partial charge in [0.15, 0.2) is 0 Å². The number of carbonyl (C=O) groups is 2. The Morgan fingerprint density at radius 2 is 1.87 bits per heavy atom. The van der Waals surface area contributed by atoms with E-state index in [0.29, 0.717) is 24.4 Å². The molecule has 0 fully saturated rings. The molecule has 10 nitrogen and oxygen atoms in total. The van der Waals surface area contributed by atoms with Crippen LogP contribution in [-0.4, -0.2) is 36.6 Å². The summed E-state index contributed by atoms with van der Waals surface area (Å²) in [6.07, 6.45) is 0.701. The fourth-order valence-electron chi connectivity index (χ4n) is 3.24. The number of primary amides is 1. The van der Waals surface area contributed by atoms with Crippen LogP contribution in [0.2, 0.25) is 0 Å². The maximum atomic E-state index is 13.2. The van der Waals surface area contributed by atoms with Crippen molar-refractivity contribution in [3.63, 3.8) is 0 Å². The monoisotopic (exact) mass is 414 g/mol. The molecule has 3 rings (SSSR count). The van der Waals surface area contributed by atoms with Crippen molar-refractivity contribution in [1.82, 2.24) is 24.1 Å². The van der Waals surface area contributed by atoms with Gasteiger partial charge in [0.1, 0.15) is 6.54 Å². The Balaban J connectivity index is 2.34. The summed E-state index contributed by atoms with van der Waals surface area (Å²) in [5, 5.41) is 7.26. The van der Waals surface area contributed by atoms with E-state index in [0.717, 1.165) is 4.68 Å². The van der Waals surface area contributed by atoms with Crippen LogP contribution >= 0.6 is 0 Å². The Morgan fingerprint density at radius 3 is 2.47 bits per heavy atom. The first-order valence-corrected chi connectivity index (χ1v) is 9.85. The molecular formula is C20H26N6O4. The van der Waals surface area contributed by atoms with Gasteiger partial charge in [0, 0.05) is 18.2 Å². The van der Waals surface area contributed by atoms with Crippen molar-refractivity contribution in [2.24, 2.45) is 11.7 Å². The highest BCUT2D eigenvalue weighted by Gasteiger charge is 2.20. The van der Waals surface area contributed by atoms with Gasteiger partial charge < -0.3 is 11.1 Å².